The van der Waals surface area contributed by atoms with Gasteiger partial charge in [0, 0.05) is 6.42 Å². The van der Waals surface area contributed by atoms with Gasteiger partial charge in [0.1, 0.15) is 11.4 Å². The first-order chi connectivity index (χ1) is 14.7. The molecule has 0 radical (unpaired) electrons. The van der Waals surface area contributed by atoms with Gasteiger partial charge in [0.25, 0.3) is 5.82 Å². The van der Waals surface area contributed by atoms with Crippen LogP contribution in [0.4, 0.5) is 0 Å². The van der Waals surface area contributed by atoms with E-state index in [1.165, 1.54) is 0 Å². The zero-order valence-corrected chi connectivity index (χ0v) is 16.8. The van der Waals surface area contributed by atoms with Crippen LogP contribution in [0.3, 0.4) is 0 Å². The van der Waals surface area contributed by atoms with Crippen LogP contribution in [0, 0.1) is 0 Å². The van der Waals surface area contributed by atoms with Gasteiger partial charge in [-0.05, 0) is 23.1 Å². The second-order valence-corrected chi connectivity index (χ2v) is 7.13. The smallest absolute Gasteiger partial charge is 0.375 e. The van der Waals surface area contributed by atoms with Crippen LogP contribution in [0.15, 0.2) is 91.0 Å². The lowest BCUT2D eigenvalue weighted by molar-refractivity contribution is 0.0682. The molecule has 0 amide bonds. The van der Waals surface area contributed by atoms with Gasteiger partial charge >= 0.3 is 5.97 Å². The summed E-state index contributed by atoms with van der Waals surface area (Å²) in [7, 11) is 0. The zero-order valence-electron chi connectivity index (χ0n) is 16.8. The molecule has 0 saturated heterocycles. The molecule has 0 aliphatic carbocycles. The summed E-state index contributed by atoms with van der Waals surface area (Å²) in [4.78, 5) is 16.2. The maximum atomic E-state index is 11.8. The van der Waals surface area contributed by atoms with Gasteiger partial charge in [-0.2, -0.15) is 0 Å². The predicted molar refractivity (Wildman–Crippen MR) is 116 cm³/mol. The lowest BCUT2D eigenvalue weighted by Crippen LogP contribution is -2.40. The van der Waals surface area contributed by atoms with Crippen LogP contribution in [0.2, 0.25) is 0 Å². The van der Waals surface area contributed by atoms with Gasteiger partial charge in [-0.25, -0.2) is 14.5 Å². The van der Waals surface area contributed by atoms with Crippen LogP contribution in [-0.2, 0) is 12.0 Å². The number of carboxylic acids is 1. The van der Waals surface area contributed by atoms with Gasteiger partial charge < -0.3 is 5.11 Å². The molecule has 5 heteroatoms. The van der Waals surface area contributed by atoms with Gasteiger partial charge in [0.2, 0.25) is 0 Å². The topological polar surface area (TPSA) is 68.0 Å². The Morgan fingerprint density at radius 1 is 0.833 bits per heavy atom. The fraction of sp³-hybridized carbons (Fsp3) is 0.160. The molecular weight excluding hydrogens is 374 g/mol. The number of nitrogens with zero attached hydrogens (tertiary/aromatic N) is 3. The van der Waals surface area contributed by atoms with E-state index in [0.29, 0.717) is 12.2 Å². The highest BCUT2D eigenvalue weighted by molar-refractivity contribution is 5.83. The largest absolute Gasteiger partial charge is 0.475 e. The first-order valence-corrected chi connectivity index (χ1v) is 10.0. The minimum absolute atomic E-state index is 0.189. The van der Waals surface area contributed by atoms with Crippen molar-refractivity contribution in [1.82, 2.24) is 14.8 Å². The molecule has 4 aromatic rings. The average molecular weight is 397 g/mol. The van der Waals surface area contributed by atoms with E-state index < -0.39 is 11.5 Å². The van der Waals surface area contributed by atoms with Crippen molar-refractivity contribution in [3.8, 4) is 0 Å². The van der Waals surface area contributed by atoms with Crippen LogP contribution in [0.25, 0.3) is 0 Å². The molecule has 4 rings (SSSR count). The predicted octanol–water partition coefficient (Wildman–Crippen LogP) is 4.77. The molecular formula is C25H23N3O2. The van der Waals surface area contributed by atoms with Gasteiger partial charge in [-0.1, -0.05) is 97.9 Å². The summed E-state index contributed by atoms with van der Waals surface area (Å²) in [6, 6.07) is 30.2. The van der Waals surface area contributed by atoms with Gasteiger partial charge in [-0.3, -0.25) is 0 Å². The third-order valence-electron chi connectivity index (χ3n) is 5.23. The van der Waals surface area contributed by atoms with Gasteiger partial charge in [0.05, 0.1) is 0 Å². The molecule has 1 heterocycles. The molecule has 30 heavy (non-hydrogen) atoms. The number of aromatic nitrogens is 3. The molecule has 150 valence electrons. The van der Waals surface area contributed by atoms with Crippen molar-refractivity contribution in [1.29, 1.82) is 0 Å². The molecule has 5 nitrogen and oxygen atoms in total. The van der Waals surface area contributed by atoms with Crippen molar-refractivity contribution in [3.63, 3.8) is 0 Å². The zero-order chi connectivity index (χ0) is 21.0. The van der Waals surface area contributed by atoms with Crippen LogP contribution < -0.4 is 0 Å². The van der Waals surface area contributed by atoms with Crippen molar-refractivity contribution in [3.05, 3.63) is 119 Å². The Morgan fingerprint density at radius 3 is 1.63 bits per heavy atom. The van der Waals surface area contributed by atoms with Crippen molar-refractivity contribution >= 4 is 5.97 Å². The monoisotopic (exact) mass is 397 g/mol. The molecule has 0 atom stereocenters. The fourth-order valence-electron chi connectivity index (χ4n) is 3.99. The summed E-state index contributed by atoms with van der Waals surface area (Å²) in [5.41, 5.74) is 2.11. The molecule has 1 aromatic heterocycles. The van der Waals surface area contributed by atoms with E-state index in [1.54, 1.807) is 4.68 Å². The minimum Gasteiger partial charge on any atom is -0.475 e. The fourth-order valence-corrected chi connectivity index (χ4v) is 3.99. The molecule has 0 spiro atoms. The maximum Gasteiger partial charge on any atom is 0.375 e. The molecule has 0 unspecified atom stereocenters. The van der Waals surface area contributed by atoms with E-state index in [1.807, 2.05) is 54.6 Å². The summed E-state index contributed by atoms with van der Waals surface area (Å²) in [5.74, 6) is -0.675. The van der Waals surface area contributed by atoms with Crippen LogP contribution >= 0.6 is 0 Å². The Bertz CT molecular complexity index is 1030. The number of hydrogen-bond donors (Lipinski definition) is 1. The normalized spacial score (nSPS) is 11.4. The molecule has 0 bridgehead atoms. The van der Waals surface area contributed by atoms with Crippen LogP contribution in [0.1, 0.15) is 46.5 Å². The molecule has 1 N–H and O–H groups in total. The Balaban J connectivity index is 2.15. The summed E-state index contributed by atoms with van der Waals surface area (Å²) in [6.07, 6.45) is 1.45. The molecule has 0 aliphatic heterocycles. The quantitative estimate of drug-likeness (QED) is 0.456. The summed E-state index contributed by atoms with van der Waals surface area (Å²) >= 11 is 0. The minimum atomic E-state index is -1.13. The van der Waals surface area contributed by atoms with Crippen molar-refractivity contribution < 1.29 is 9.90 Å². The van der Waals surface area contributed by atoms with E-state index >= 15 is 0 Å². The Hall–Kier alpha value is -3.73. The van der Waals surface area contributed by atoms with Crippen LogP contribution in [0.5, 0.6) is 0 Å². The lowest BCUT2D eigenvalue weighted by Gasteiger charge is -2.37. The van der Waals surface area contributed by atoms with Gasteiger partial charge in [0.15, 0.2) is 0 Å². The molecule has 0 saturated carbocycles. The van der Waals surface area contributed by atoms with E-state index in [0.717, 1.165) is 23.1 Å². The second kappa shape index (κ2) is 8.33. The maximum absolute atomic E-state index is 11.8. The van der Waals surface area contributed by atoms with Crippen molar-refractivity contribution in [2.45, 2.75) is 25.3 Å². The Kier molecular flexibility index (Phi) is 5.44. The highest BCUT2D eigenvalue weighted by atomic mass is 16.4. The number of carbonyl (C=O) groups is 1. The molecule has 0 aliphatic rings. The Morgan fingerprint density at radius 2 is 1.27 bits per heavy atom. The number of benzene rings is 3. The first-order valence-electron chi connectivity index (χ1n) is 10.0. The summed E-state index contributed by atoms with van der Waals surface area (Å²) in [6.45, 7) is 2.05. The number of aryl methyl sites for hydroxylation is 1. The van der Waals surface area contributed by atoms with Crippen molar-refractivity contribution in [2.24, 2.45) is 0 Å². The third kappa shape index (κ3) is 3.28. The third-order valence-corrected chi connectivity index (χ3v) is 5.23. The highest BCUT2D eigenvalue weighted by Gasteiger charge is 2.41. The SMILES string of the molecule is CCCc1nc(C(=O)O)nn1C(c1ccccc1)(c1ccccc1)c1ccccc1. The average Bonchev–Trinajstić information content (AvgIpc) is 3.22. The number of carboxylic acid groups (broad SMARTS) is 1. The molecule has 3 aromatic carbocycles. The highest BCUT2D eigenvalue weighted by Crippen LogP contribution is 2.41. The summed E-state index contributed by atoms with van der Waals surface area (Å²) in [5, 5.41) is 14.2. The molecule has 0 fully saturated rings. The number of rotatable bonds is 7. The Labute approximate surface area is 175 Å². The van der Waals surface area contributed by atoms with Gasteiger partial charge in [-0.15, -0.1) is 5.10 Å². The van der Waals surface area contributed by atoms with E-state index in [9.17, 15) is 9.90 Å². The number of aromatic carboxylic acids is 1. The van der Waals surface area contributed by atoms with Crippen molar-refractivity contribution in [2.75, 3.05) is 0 Å². The first kappa shape index (κ1) is 19.6. The standard InChI is InChI=1S/C25H23N3O2/c1-2-12-22-26-23(24(29)30)27-28(22)25(19-13-6-3-7-14-19,20-15-8-4-9-16-20)21-17-10-5-11-18-21/h3-11,13-18H,2,12H2,1H3,(H,29,30). The number of hydrogen-bond acceptors (Lipinski definition) is 3. The van der Waals surface area contributed by atoms with Crippen LogP contribution in [-0.4, -0.2) is 25.8 Å². The van der Waals surface area contributed by atoms with E-state index in [2.05, 4.69) is 53.4 Å². The lowest BCUT2D eigenvalue weighted by atomic mass is 9.77. The van der Waals surface area contributed by atoms with E-state index in [4.69, 9.17) is 0 Å². The summed E-state index contributed by atoms with van der Waals surface area (Å²) < 4.78 is 1.81. The van der Waals surface area contributed by atoms with E-state index in [-0.39, 0.29) is 5.82 Å². The second-order valence-electron chi connectivity index (χ2n) is 7.13.